The van der Waals surface area contributed by atoms with Crippen LogP contribution in [0.3, 0.4) is 0 Å². The van der Waals surface area contributed by atoms with Gasteiger partial charge in [0, 0.05) is 11.8 Å². The maximum absolute atomic E-state index is 5.82. The molecule has 1 heterocycles. The van der Waals surface area contributed by atoms with E-state index in [-0.39, 0.29) is 18.0 Å². The van der Waals surface area contributed by atoms with Crippen molar-refractivity contribution in [3.05, 3.63) is 23.8 Å². The lowest BCUT2D eigenvalue weighted by molar-refractivity contribution is 0.0848. The van der Waals surface area contributed by atoms with Gasteiger partial charge >= 0.3 is 0 Å². The third-order valence-electron chi connectivity index (χ3n) is 2.47. The largest absolute Gasteiger partial charge is 0.487 e. The van der Waals surface area contributed by atoms with Crippen molar-refractivity contribution in [1.29, 1.82) is 0 Å². The standard InChI is InChI=1S/C11H15NO.ClH/c1-11(2)6-5-8-3-4-9(12)7-10(8)13-11;/h3-4,7H,5-6,12H2,1-2H3;1H. The molecule has 0 radical (unpaired) electrons. The number of hydrogen-bond acceptors (Lipinski definition) is 2. The minimum atomic E-state index is -0.0409. The highest BCUT2D eigenvalue weighted by Crippen LogP contribution is 2.33. The molecule has 0 saturated carbocycles. The molecule has 0 amide bonds. The molecule has 1 aliphatic heterocycles. The number of anilines is 1. The predicted molar refractivity (Wildman–Crippen MR) is 61.1 cm³/mol. The first-order chi connectivity index (χ1) is 6.07. The van der Waals surface area contributed by atoms with E-state index in [0.29, 0.717) is 0 Å². The first-order valence-corrected chi connectivity index (χ1v) is 4.64. The van der Waals surface area contributed by atoms with Crippen molar-refractivity contribution in [1.82, 2.24) is 0 Å². The van der Waals surface area contributed by atoms with Crippen LogP contribution in [-0.4, -0.2) is 5.60 Å². The van der Waals surface area contributed by atoms with Gasteiger partial charge in [-0.15, -0.1) is 12.4 Å². The molecule has 14 heavy (non-hydrogen) atoms. The van der Waals surface area contributed by atoms with Gasteiger partial charge in [-0.05, 0) is 38.3 Å². The smallest absolute Gasteiger partial charge is 0.125 e. The number of ether oxygens (including phenoxy) is 1. The summed E-state index contributed by atoms with van der Waals surface area (Å²) < 4.78 is 5.82. The van der Waals surface area contributed by atoms with E-state index in [0.717, 1.165) is 24.3 Å². The Morgan fingerprint density at radius 1 is 1.36 bits per heavy atom. The molecule has 3 heteroatoms. The van der Waals surface area contributed by atoms with Crippen LogP contribution in [0.15, 0.2) is 18.2 Å². The van der Waals surface area contributed by atoms with Crippen LogP contribution in [0.4, 0.5) is 5.69 Å². The summed E-state index contributed by atoms with van der Waals surface area (Å²) in [5.74, 6) is 0.955. The van der Waals surface area contributed by atoms with Gasteiger partial charge in [0.15, 0.2) is 0 Å². The number of benzene rings is 1. The Hall–Kier alpha value is -0.890. The monoisotopic (exact) mass is 213 g/mol. The number of nitrogens with two attached hydrogens (primary N) is 1. The molecule has 0 aromatic heterocycles. The summed E-state index contributed by atoms with van der Waals surface area (Å²) in [6, 6.07) is 5.90. The molecule has 0 spiro atoms. The molecule has 78 valence electrons. The van der Waals surface area contributed by atoms with Crippen LogP contribution < -0.4 is 10.5 Å². The minimum absolute atomic E-state index is 0. The van der Waals surface area contributed by atoms with Crippen molar-refractivity contribution in [2.75, 3.05) is 5.73 Å². The molecule has 0 saturated heterocycles. The van der Waals surface area contributed by atoms with Gasteiger partial charge in [-0.1, -0.05) is 6.07 Å². The normalized spacial score (nSPS) is 17.6. The van der Waals surface area contributed by atoms with Crippen LogP contribution in [0, 0.1) is 0 Å². The van der Waals surface area contributed by atoms with Gasteiger partial charge < -0.3 is 10.5 Å². The van der Waals surface area contributed by atoms with Crippen molar-refractivity contribution < 1.29 is 4.74 Å². The molecule has 2 rings (SSSR count). The van der Waals surface area contributed by atoms with E-state index in [1.165, 1.54) is 5.56 Å². The SMILES string of the molecule is CC1(C)CCc2ccc(N)cc2O1.Cl. The molecule has 1 aliphatic rings. The van der Waals surface area contributed by atoms with Crippen LogP contribution in [-0.2, 0) is 6.42 Å². The maximum Gasteiger partial charge on any atom is 0.125 e. The Bertz CT molecular complexity index is 336. The molecule has 0 aliphatic carbocycles. The number of halogens is 1. The second-order valence-corrected chi connectivity index (χ2v) is 4.23. The summed E-state index contributed by atoms with van der Waals surface area (Å²) in [5.41, 5.74) is 7.70. The summed E-state index contributed by atoms with van der Waals surface area (Å²) in [5, 5.41) is 0. The summed E-state index contributed by atoms with van der Waals surface area (Å²) >= 11 is 0. The van der Waals surface area contributed by atoms with Crippen molar-refractivity contribution in [2.45, 2.75) is 32.3 Å². The van der Waals surface area contributed by atoms with Crippen LogP contribution >= 0.6 is 12.4 Å². The van der Waals surface area contributed by atoms with Crippen molar-refractivity contribution in [3.63, 3.8) is 0 Å². The molecule has 0 fully saturated rings. The Balaban J connectivity index is 0.000000980. The number of hydrogen-bond donors (Lipinski definition) is 1. The maximum atomic E-state index is 5.82. The number of fused-ring (bicyclic) bond motifs is 1. The lowest BCUT2D eigenvalue weighted by Gasteiger charge is -2.32. The summed E-state index contributed by atoms with van der Waals surface area (Å²) in [4.78, 5) is 0. The Kier molecular flexibility index (Phi) is 2.95. The second kappa shape index (κ2) is 3.70. The fraction of sp³-hybridized carbons (Fsp3) is 0.455. The van der Waals surface area contributed by atoms with Gasteiger partial charge in [-0.3, -0.25) is 0 Å². The van der Waals surface area contributed by atoms with Gasteiger partial charge in [0.25, 0.3) is 0 Å². The molecule has 0 unspecified atom stereocenters. The molecular weight excluding hydrogens is 198 g/mol. The third kappa shape index (κ3) is 2.13. The minimum Gasteiger partial charge on any atom is -0.487 e. The molecule has 2 N–H and O–H groups in total. The Morgan fingerprint density at radius 2 is 2.07 bits per heavy atom. The highest BCUT2D eigenvalue weighted by molar-refractivity contribution is 5.85. The number of rotatable bonds is 0. The van der Waals surface area contributed by atoms with Gasteiger partial charge in [0.05, 0.1) is 0 Å². The van der Waals surface area contributed by atoms with Crippen molar-refractivity contribution >= 4 is 18.1 Å². The third-order valence-corrected chi connectivity index (χ3v) is 2.47. The average Bonchev–Trinajstić information content (AvgIpc) is 2.01. The lowest BCUT2D eigenvalue weighted by Crippen LogP contribution is -2.32. The van der Waals surface area contributed by atoms with E-state index >= 15 is 0 Å². The summed E-state index contributed by atoms with van der Waals surface area (Å²) in [6.07, 6.45) is 2.16. The highest BCUT2D eigenvalue weighted by atomic mass is 35.5. The summed E-state index contributed by atoms with van der Waals surface area (Å²) in [7, 11) is 0. The Morgan fingerprint density at radius 3 is 2.79 bits per heavy atom. The first kappa shape index (κ1) is 11.2. The molecular formula is C11H16ClNO. The fourth-order valence-corrected chi connectivity index (χ4v) is 1.66. The molecule has 0 atom stereocenters. The quantitative estimate of drug-likeness (QED) is 0.673. The van der Waals surface area contributed by atoms with E-state index < -0.39 is 0 Å². The van der Waals surface area contributed by atoms with Gasteiger partial charge in [0.1, 0.15) is 11.4 Å². The zero-order chi connectivity index (χ0) is 9.47. The second-order valence-electron chi connectivity index (χ2n) is 4.23. The number of aryl methyl sites for hydroxylation is 1. The molecule has 1 aromatic rings. The summed E-state index contributed by atoms with van der Waals surface area (Å²) in [6.45, 7) is 4.22. The van der Waals surface area contributed by atoms with Crippen molar-refractivity contribution in [2.24, 2.45) is 0 Å². The van der Waals surface area contributed by atoms with Crippen molar-refractivity contribution in [3.8, 4) is 5.75 Å². The average molecular weight is 214 g/mol. The molecule has 2 nitrogen and oxygen atoms in total. The van der Waals surface area contributed by atoms with E-state index in [4.69, 9.17) is 10.5 Å². The lowest BCUT2D eigenvalue weighted by atomic mass is 9.94. The van der Waals surface area contributed by atoms with E-state index in [1.54, 1.807) is 0 Å². The van der Waals surface area contributed by atoms with Crippen LogP contribution in [0.25, 0.3) is 0 Å². The van der Waals surface area contributed by atoms with Gasteiger partial charge in [-0.25, -0.2) is 0 Å². The van der Waals surface area contributed by atoms with E-state index in [2.05, 4.69) is 19.9 Å². The molecule has 1 aromatic carbocycles. The highest BCUT2D eigenvalue weighted by Gasteiger charge is 2.26. The fourth-order valence-electron chi connectivity index (χ4n) is 1.66. The van der Waals surface area contributed by atoms with E-state index in [1.807, 2.05) is 12.1 Å². The van der Waals surface area contributed by atoms with Crippen LogP contribution in [0.5, 0.6) is 5.75 Å². The zero-order valence-corrected chi connectivity index (χ0v) is 9.36. The topological polar surface area (TPSA) is 35.2 Å². The van der Waals surface area contributed by atoms with Gasteiger partial charge in [0.2, 0.25) is 0 Å². The van der Waals surface area contributed by atoms with Crippen LogP contribution in [0.1, 0.15) is 25.8 Å². The molecule has 0 bridgehead atoms. The number of nitrogen functional groups attached to an aromatic ring is 1. The van der Waals surface area contributed by atoms with E-state index in [9.17, 15) is 0 Å². The first-order valence-electron chi connectivity index (χ1n) is 4.64. The van der Waals surface area contributed by atoms with Crippen LogP contribution in [0.2, 0.25) is 0 Å². The Labute approximate surface area is 90.9 Å². The zero-order valence-electron chi connectivity index (χ0n) is 8.54. The predicted octanol–water partition coefficient (Wildman–Crippen LogP) is 2.79. The van der Waals surface area contributed by atoms with Gasteiger partial charge in [-0.2, -0.15) is 0 Å².